The molecule has 2 N–H and O–H groups in total. The van der Waals surface area contributed by atoms with Gasteiger partial charge in [0.05, 0.1) is 21.8 Å². The number of nitrogens with one attached hydrogen (secondary N) is 2. The number of ketones is 1. The van der Waals surface area contributed by atoms with Crippen molar-refractivity contribution in [3.05, 3.63) is 89.0 Å². The van der Waals surface area contributed by atoms with Crippen LogP contribution in [0.15, 0.2) is 71.6 Å². The van der Waals surface area contributed by atoms with E-state index in [0.717, 1.165) is 36.4 Å². The number of sulfone groups is 1. The number of benzene rings is 3. The summed E-state index contributed by atoms with van der Waals surface area (Å²) in [4.78, 5) is 38.5. The summed E-state index contributed by atoms with van der Waals surface area (Å²) < 4.78 is 115. The lowest BCUT2D eigenvalue weighted by molar-refractivity contribution is -0.138. The molecule has 0 saturated heterocycles. The molecule has 3 aromatic rings. The van der Waals surface area contributed by atoms with E-state index in [0.29, 0.717) is 12.1 Å². The molecular weight excluding hydrogens is 622 g/mol. The van der Waals surface area contributed by atoms with Gasteiger partial charge in [-0.1, -0.05) is 24.3 Å². The van der Waals surface area contributed by atoms with Crippen molar-refractivity contribution in [2.24, 2.45) is 5.41 Å². The van der Waals surface area contributed by atoms with Crippen LogP contribution in [0.2, 0.25) is 0 Å². The van der Waals surface area contributed by atoms with Gasteiger partial charge in [0.1, 0.15) is 18.6 Å². The molecule has 0 bridgehead atoms. The van der Waals surface area contributed by atoms with E-state index in [4.69, 9.17) is 9.47 Å². The van der Waals surface area contributed by atoms with Crippen LogP contribution in [0.25, 0.3) is 0 Å². The van der Waals surface area contributed by atoms with Gasteiger partial charge in [0.25, 0.3) is 0 Å². The highest BCUT2D eigenvalue weighted by molar-refractivity contribution is 7.91. The Morgan fingerprint density at radius 1 is 0.795 bits per heavy atom. The van der Waals surface area contributed by atoms with Gasteiger partial charge >= 0.3 is 24.5 Å². The van der Waals surface area contributed by atoms with Crippen LogP contribution in [0.3, 0.4) is 0 Å². The number of amides is 2. The second-order valence-electron chi connectivity index (χ2n) is 9.88. The molecule has 1 aliphatic rings. The maximum absolute atomic E-state index is 13.8. The van der Waals surface area contributed by atoms with Gasteiger partial charge in [-0.25, -0.2) is 18.0 Å². The largest absolute Gasteiger partial charge is 0.448 e. The van der Waals surface area contributed by atoms with Crippen LogP contribution in [0.1, 0.15) is 27.0 Å². The van der Waals surface area contributed by atoms with Crippen molar-refractivity contribution in [3.8, 4) is 0 Å². The highest BCUT2D eigenvalue weighted by Crippen LogP contribution is 2.39. The molecule has 0 aliphatic carbocycles. The van der Waals surface area contributed by atoms with Crippen molar-refractivity contribution in [1.29, 1.82) is 0 Å². The van der Waals surface area contributed by atoms with Crippen molar-refractivity contribution in [3.63, 3.8) is 0 Å². The molecule has 1 heterocycles. The summed E-state index contributed by atoms with van der Waals surface area (Å²) >= 11 is 0. The van der Waals surface area contributed by atoms with Gasteiger partial charge in [0.2, 0.25) is 0 Å². The second kappa shape index (κ2) is 11.8. The minimum atomic E-state index is -4.72. The molecule has 9 nitrogen and oxygen atoms in total. The molecule has 0 saturated carbocycles. The molecule has 0 spiro atoms. The van der Waals surface area contributed by atoms with Crippen LogP contribution in [0, 0.1) is 12.3 Å². The summed E-state index contributed by atoms with van der Waals surface area (Å²) in [5, 5.41) is 4.12. The van der Waals surface area contributed by atoms with Crippen molar-refractivity contribution in [2.45, 2.75) is 24.2 Å². The molecule has 2 amide bonds. The van der Waals surface area contributed by atoms with Gasteiger partial charge < -0.3 is 9.47 Å². The fourth-order valence-electron chi connectivity index (χ4n) is 4.48. The number of hydrogen-bond acceptors (Lipinski definition) is 7. The van der Waals surface area contributed by atoms with Crippen LogP contribution in [0.5, 0.6) is 0 Å². The average Bonchev–Trinajstić information content (AvgIpc) is 2.93. The maximum Gasteiger partial charge on any atom is 0.416 e. The fourth-order valence-corrected chi connectivity index (χ4v) is 6.51. The van der Waals surface area contributed by atoms with Gasteiger partial charge in [0, 0.05) is 16.9 Å². The molecule has 4 rings (SSSR count). The Morgan fingerprint density at radius 3 is 1.70 bits per heavy atom. The molecule has 0 aromatic heterocycles. The number of fused-ring (bicyclic) bond motifs is 1. The van der Waals surface area contributed by atoms with Crippen LogP contribution in [-0.4, -0.2) is 45.4 Å². The minimum Gasteiger partial charge on any atom is -0.448 e. The zero-order valence-electron chi connectivity index (χ0n) is 22.5. The number of carbonyl (C=O) groups excluding carboxylic acids is 3. The first kappa shape index (κ1) is 32.3. The minimum absolute atomic E-state index is 0.238. The predicted octanol–water partition coefficient (Wildman–Crippen LogP) is 6.49. The molecule has 3 aromatic carbocycles. The van der Waals surface area contributed by atoms with Gasteiger partial charge in [-0.3, -0.25) is 15.4 Å². The van der Waals surface area contributed by atoms with Gasteiger partial charge in [-0.05, 0) is 55.0 Å². The number of hydrogen-bond donors (Lipinski definition) is 2. The normalized spacial score (nSPS) is 15.6. The zero-order chi connectivity index (χ0) is 32.5. The summed E-state index contributed by atoms with van der Waals surface area (Å²) in [5.74, 6) is -1.87. The third kappa shape index (κ3) is 7.12. The summed E-state index contributed by atoms with van der Waals surface area (Å²) in [6, 6.07) is 11.1. The number of halogens is 6. The van der Waals surface area contributed by atoms with Crippen molar-refractivity contribution in [2.75, 3.05) is 29.6 Å². The molecule has 0 unspecified atom stereocenters. The van der Waals surface area contributed by atoms with Gasteiger partial charge in [0.15, 0.2) is 15.6 Å². The number of ether oxygens (including phenoxy) is 2. The summed E-state index contributed by atoms with van der Waals surface area (Å²) in [7, 11) is -4.26. The summed E-state index contributed by atoms with van der Waals surface area (Å²) in [5.41, 5.74) is -5.03. The first-order chi connectivity index (χ1) is 20.4. The average molecular weight is 645 g/mol. The van der Waals surface area contributed by atoms with E-state index in [9.17, 15) is 49.1 Å². The van der Waals surface area contributed by atoms with E-state index >= 15 is 0 Å². The lowest BCUT2D eigenvalue weighted by atomic mass is 9.81. The quantitative estimate of drug-likeness (QED) is 0.294. The van der Waals surface area contributed by atoms with E-state index < -0.39 is 75.7 Å². The van der Waals surface area contributed by atoms with Gasteiger partial charge in [-0.15, -0.1) is 0 Å². The summed E-state index contributed by atoms with van der Waals surface area (Å²) in [6.45, 7) is -0.550. The van der Waals surface area contributed by atoms with Crippen molar-refractivity contribution < 1.29 is 58.6 Å². The third-order valence-electron chi connectivity index (χ3n) is 6.58. The van der Waals surface area contributed by atoms with E-state index in [1.807, 2.05) is 0 Å². The number of rotatable bonds is 6. The Hall–Kier alpha value is -4.60. The number of alkyl halides is 6. The lowest BCUT2D eigenvalue weighted by Crippen LogP contribution is -2.50. The van der Waals surface area contributed by atoms with E-state index in [1.165, 1.54) is 25.1 Å². The highest BCUT2D eigenvalue weighted by Gasteiger charge is 2.51. The smallest absolute Gasteiger partial charge is 0.416 e. The molecular formula is C28H22F6N2O7S. The zero-order valence-corrected chi connectivity index (χ0v) is 23.3. The van der Waals surface area contributed by atoms with E-state index in [-0.39, 0.29) is 27.4 Å². The van der Waals surface area contributed by atoms with Crippen LogP contribution in [-0.2, 0) is 31.7 Å². The lowest BCUT2D eigenvalue weighted by Gasteiger charge is -2.35. The van der Waals surface area contributed by atoms with Crippen LogP contribution < -0.4 is 10.6 Å². The Kier molecular flexibility index (Phi) is 8.68. The van der Waals surface area contributed by atoms with Gasteiger partial charge in [-0.2, -0.15) is 26.3 Å². The number of anilines is 2. The van der Waals surface area contributed by atoms with Crippen LogP contribution in [0.4, 0.5) is 47.3 Å². The standard InChI is InChI=1S/C28H22F6N2O7S/c1-16-5-2-10-21-22(16)23(37)26(15-44(21,40)41,13-42-24(38)35-19-8-3-6-17(11-19)27(29,30)31)14-43-25(39)36-20-9-4-7-18(12-20)28(32,33)34/h2-12H,13-15H2,1H3,(H,35,38)(H,36,39). The Labute approximate surface area is 246 Å². The number of carbonyl (C=O) groups is 3. The Morgan fingerprint density at radius 2 is 1.25 bits per heavy atom. The van der Waals surface area contributed by atoms with E-state index in [1.54, 1.807) is 0 Å². The fraction of sp³-hybridized carbons (Fsp3) is 0.250. The monoisotopic (exact) mass is 644 g/mol. The molecule has 16 heteroatoms. The third-order valence-corrected chi connectivity index (χ3v) is 8.52. The van der Waals surface area contributed by atoms with E-state index in [2.05, 4.69) is 10.6 Å². The summed E-state index contributed by atoms with van der Waals surface area (Å²) in [6.07, 6.45) is -12.1. The number of Topliss-reactive ketones (excluding diaryl/α,β-unsaturated/α-hetero) is 1. The predicted molar refractivity (Wildman–Crippen MR) is 143 cm³/mol. The molecule has 0 atom stereocenters. The highest BCUT2D eigenvalue weighted by atomic mass is 32.2. The molecule has 234 valence electrons. The van der Waals surface area contributed by atoms with Crippen molar-refractivity contribution >= 4 is 39.2 Å². The number of aryl methyl sites for hydroxylation is 1. The first-order valence-corrected chi connectivity index (χ1v) is 14.2. The maximum atomic E-state index is 13.8. The Bertz CT molecular complexity index is 1650. The molecule has 0 fully saturated rings. The Balaban J connectivity index is 1.58. The first-order valence-electron chi connectivity index (χ1n) is 12.5. The van der Waals surface area contributed by atoms with Crippen molar-refractivity contribution in [1.82, 2.24) is 0 Å². The second-order valence-corrected chi connectivity index (χ2v) is 11.8. The molecule has 1 aliphatic heterocycles. The SMILES string of the molecule is Cc1cccc2c1C(=O)C(COC(=O)Nc1cccc(C(F)(F)F)c1)(COC(=O)Nc1cccc(C(F)(F)F)c1)CS2(=O)=O. The molecule has 44 heavy (non-hydrogen) atoms. The topological polar surface area (TPSA) is 128 Å². The molecule has 0 radical (unpaired) electrons. The van der Waals surface area contributed by atoms with Crippen LogP contribution >= 0.6 is 0 Å².